The molecule has 0 bridgehead atoms. The number of hydrogen-bond acceptors (Lipinski definition) is 3. The van der Waals surface area contributed by atoms with Gasteiger partial charge in [-0.3, -0.25) is 0 Å². The number of halogens is 2. The van der Waals surface area contributed by atoms with Crippen LogP contribution in [-0.2, 0) is 6.42 Å². The van der Waals surface area contributed by atoms with Crippen LogP contribution in [0.2, 0.25) is 5.15 Å². The van der Waals surface area contributed by atoms with Crippen LogP contribution in [0, 0.1) is 5.82 Å². The Morgan fingerprint density at radius 1 is 1.26 bits per heavy atom. The number of aromatic nitrogens is 2. The Kier molecular flexibility index (Phi) is 4.32. The first-order valence-electron chi connectivity index (χ1n) is 6.01. The fraction of sp³-hybridized carbons (Fsp3) is 0.286. The van der Waals surface area contributed by atoms with Crippen molar-refractivity contribution >= 4 is 11.6 Å². The summed E-state index contributed by atoms with van der Waals surface area (Å²) in [6.45, 7) is 2.04. The molecule has 19 heavy (non-hydrogen) atoms. The largest absolute Gasteiger partial charge is 0.494 e. The van der Waals surface area contributed by atoms with Crippen LogP contribution in [0.4, 0.5) is 4.39 Å². The zero-order valence-corrected chi connectivity index (χ0v) is 11.5. The molecule has 0 amide bonds. The summed E-state index contributed by atoms with van der Waals surface area (Å²) < 4.78 is 18.6. The summed E-state index contributed by atoms with van der Waals surface area (Å²) in [5, 5.41) is 0.365. The Labute approximate surface area is 116 Å². The Morgan fingerprint density at radius 3 is 2.68 bits per heavy atom. The van der Waals surface area contributed by atoms with Crippen molar-refractivity contribution in [3.63, 3.8) is 0 Å². The van der Waals surface area contributed by atoms with Crippen molar-refractivity contribution in [2.45, 2.75) is 19.8 Å². The number of aryl methyl sites for hydroxylation is 1. The van der Waals surface area contributed by atoms with Gasteiger partial charge in [0, 0.05) is 18.1 Å². The first-order valence-corrected chi connectivity index (χ1v) is 6.39. The molecular weight excluding hydrogens is 267 g/mol. The standard InChI is InChI=1S/C14H14ClFN2O/c1-3-4-14-17-11(8-13(15)18-14)9-5-6-12(19-2)10(16)7-9/h5-8H,3-4H2,1-2H3. The molecule has 0 saturated carbocycles. The minimum absolute atomic E-state index is 0.206. The molecule has 0 aliphatic carbocycles. The van der Waals surface area contributed by atoms with Crippen molar-refractivity contribution < 1.29 is 9.13 Å². The van der Waals surface area contributed by atoms with E-state index < -0.39 is 5.82 Å². The maximum atomic E-state index is 13.7. The van der Waals surface area contributed by atoms with E-state index in [1.807, 2.05) is 6.92 Å². The Balaban J connectivity index is 2.43. The number of hydrogen-bond donors (Lipinski definition) is 0. The van der Waals surface area contributed by atoms with E-state index in [-0.39, 0.29) is 5.75 Å². The van der Waals surface area contributed by atoms with Crippen molar-refractivity contribution in [2.24, 2.45) is 0 Å². The third-order valence-electron chi connectivity index (χ3n) is 2.66. The molecule has 1 heterocycles. The van der Waals surface area contributed by atoms with Crippen LogP contribution < -0.4 is 4.74 Å². The molecule has 0 saturated heterocycles. The lowest BCUT2D eigenvalue weighted by Crippen LogP contribution is -1.97. The van der Waals surface area contributed by atoms with E-state index in [1.54, 1.807) is 18.2 Å². The van der Waals surface area contributed by atoms with Gasteiger partial charge in [0.25, 0.3) is 0 Å². The molecule has 5 heteroatoms. The van der Waals surface area contributed by atoms with Crippen LogP contribution in [0.15, 0.2) is 24.3 Å². The van der Waals surface area contributed by atoms with Crippen LogP contribution in [0.25, 0.3) is 11.3 Å². The van der Waals surface area contributed by atoms with Gasteiger partial charge in [0.2, 0.25) is 0 Å². The highest BCUT2D eigenvalue weighted by Gasteiger charge is 2.09. The highest BCUT2D eigenvalue weighted by atomic mass is 35.5. The Morgan fingerprint density at radius 2 is 2.05 bits per heavy atom. The third-order valence-corrected chi connectivity index (χ3v) is 2.86. The second-order valence-electron chi connectivity index (χ2n) is 4.09. The number of ether oxygens (including phenoxy) is 1. The van der Waals surface area contributed by atoms with Crippen molar-refractivity contribution in [3.05, 3.63) is 41.1 Å². The van der Waals surface area contributed by atoms with Crippen LogP contribution in [-0.4, -0.2) is 17.1 Å². The molecule has 0 fully saturated rings. The van der Waals surface area contributed by atoms with Gasteiger partial charge in [-0.25, -0.2) is 14.4 Å². The summed E-state index contributed by atoms with van der Waals surface area (Å²) in [5.74, 6) is 0.450. The van der Waals surface area contributed by atoms with Crippen LogP contribution in [0.3, 0.4) is 0 Å². The van der Waals surface area contributed by atoms with Crippen molar-refractivity contribution in [3.8, 4) is 17.0 Å². The van der Waals surface area contributed by atoms with E-state index in [1.165, 1.54) is 13.2 Å². The van der Waals surface area contributed by atoms with Crippen LogP contribution >= 0.6 is 11.6 Å². The lowest BCUT2D eigenvalue weighted by atomic mass is 10.1. The molecule has 0 aliphatic rings. The molecule has 0 aliphatic heterocycles. The van der Waals surface area contributed by atoms with E-state index in [2.05, 4.69) is 9.97 Å². The fourth-order valence-electron chi connectivity index (χ4n) is 1.77. The number of benzene rings is 1. The van der Waals surface area contributed by atoms with Gasteiger partial charge < -0.3 is 4.74 Å². The summed E-state index contributed by atoms with van der Waals surface area (Å²) in [7, 11) is 1.43. The Bertz CT molecular complexity index is 590. The smallest absolute Gasteiger partial charge is 0.165 e. The third kappa shape index (κ3) is 3.20. The van der Waals surface area contributed by atoms with E-state index in [0.29, 0.717) is 22.2 Å². The summed E-state index contributed by atoms with van der Waals surface area (Å²) in [5.41, 5.74) is 1.27. The molecular formula is C14H14ClFN2O. The predicted molar refractivity (Wildman–Crippen MR) is 73.0 cm³/mol. The molecule has 1 aromatic heterocycles. The maximum Gasteiger partial charge on any atom is 0.165 e. The van der Waals surface area contributed by atoms with Gasteiger partial charge >= 0.3 is 0 Å². The molecule has 0 radical (unpaired) electrons. The molecule has 0 spiro atoms. The van der Waals surface area contributed by atoms with Gasteiger partial charge in [-0.15, -0.1) is 0 Å². The van der Waals surface area contributed by atoms with Gasteiger partial charge in [-0.2, -0.15) is 0 Å². The summed E-state index contributed by atoms with van der Waals surface area (Å²) >= 11 is 5.96. The zero-order valence-electron chi connectivity index (χ0n) is 10.8. The quantitative estimate of drug-likeness (QED) is 0.797. The van der Waals surface area contributed by atoms with E-state index in [9.17, 15) is 4.39 Å². The topological polar surface area (TPSA) is 35.0 Å². The van der Waals surface area contributed by atoms with Crippen molar-refractivity contribution in [1.29, 1.82) is 0 Å². The highest BCUT2D eigenvalue weighted by Crippen LogP contribution is 2.25. The average Bonchev–Trinajstić information content (AvgIpc) is 2.38. The van der Waals surface area contributed by atoms with E-state index >= 15 is 0 Å². The monoisotopic (exact) mass is 280 g/mol. The second kappa shape index (κ2) is 5.97. The van der Waals surface area contributed by atoms with Crippen LogP contribution in [0.1, 0.15) is 19.2 Å². The van der Waals surface area contributed by atoms with Gasteiger partial charge in [0.15, 0.2) is 11.6 Å². The minimum atomic E-state index is -0.424. The number of rotatable bonds is 4. The summed E-state index contributed by atoms with van der Waals surface area (Å²) in [6.07, 6.45) is 1.67. The molecule has 2 aromatic rings. The molecule has 0 atom stereocenters. The minimum Gasteiger partial charge on any atom is -0.494 e. The number of nitrogens with zero attached hydrogens (tertiary/aromatic N) is 2. The van der Waals surface area contributed by atoms with E-state index in [0.717, 1.165) is 12.8 Å². The lowest BCUT2D eigenvalue weighted by Gasteiger charge is -2.07. The van der Waals surface area contributed by atoms with E-state index in [4.69, 9.17) is 16.3 Å². The highest BCUT2D eigenvalue weighted by molar-refractivity contribution is 6.29. The lowest BCUT2D eigenvalue weighted by molar-refractivity contribution is 0.386. The number of methoxy groups -OCH3 is 1. The predicted octanol–water partition coefficient (Wildman–Crippen LogP) is 3.90. The molecule has 2 rings (SSSR count). The summed E-state index contributed by atoms with van der Waals surface area (Å²) in [4.78, 5) is 8.53. The molecule has 3 nitrogen and oxygen atoms in total. The zero-order chi connectivity index (χ0) is 13.8. The average molecular weight is 281 g/mol. The fourth-order valence-corrected chi connectivity index (χ4v) is 1.97. The summed E-state index contributed by atoms with van der Waals surface area (Å²) in [6, 6.07) is 6.33. The second-order valence-corrected chi connectivity index (χ2v) is 4.48. The molecule has 100 valence electrons. The SMILES string of the molecule is CCCc1nc(Cl)cc(-c2ccc(OC)c(F)c2)n1. The molecule has 0 unspecified atom stereocenters. The van der Waals surface area contributed by atoms with Gasteiger partial charge in [-0.1, -0.05) is 18.5 Å². The Hall–Kier alpha value is -1.68. The van der Waals surface area contributed by atoms with Crippen molar-refractivity contribution in [1.82, 2.24) is 9.97 Å². The first kappa shape index (κ1) is 13.7. The van der Waals surface area contributed by atoms with Gasteiger partial charge in [0.1, 0.15) is 11.0 Å². The van der Waals surface area contributed by atoms with Gasteiger partial charge in [-0.05, 0) is 24.6 Å². The van der Waals surface area contributed by atoms with Crippen molar-refractivity contribution in [2.75, 3.05) is 7.11 Å². The normalized spacial score (nSPS) is 10.5. The molecule has 0 N–H and O–H groups in total. The first-order chi connectivity index (χ1) is 9.13. The maximum absolute atomic E-state index is 13.7. The van der Waals surface area contributed by atoms with Gasteiger partial charge in [0.05, 0.1) is 12.8 Å². The van der Waals surface area contributed by atoms with Crippen LogP contribution in [0.5, 0.6) is 5.75 Å². The molecule has 1 aromatic carbocycles.